The highest BCUT2D eigenvalue weighted by Crippen LogP contribution is 2.26. The van der Waals surface area contributed by atoms with Gasteiger partial charge < -0.3 is 9.64 Å². The van der Waals surface area contributed by atoms with Gasteiger partial charge in [-0.25, -0.2) is 0 Å². The van der Waals surface area contributed by atoms with Crippen LogP contribution in [0.1, 0.15) is 29.9 Å². The molecule has 2 atom stereocenters. The van der Waals surface area contributed by atoms with Crippen LogP contribution in [-0.2, 0) is 9.53 Å². The van der Waals surface area contributed by atoms with E-state index in [1.165, 1.54) is 5.56 Å². The summed E-state index contributed by atoms with van der Waals surface area (Å²) in [5, 5.41) is 2.01. The van der Waals surface area contributed by atoms with Gasteiger partial charge in [0.25, 0.3) is 5.91 Å². The Hall–Kier alpha value is -1.91. The van der Waals surface area contributed by atoms with Crippen molar-refractivity contribution in [1.29, 1.82) is 0 Å². The van der Waals surface area contributed by atoms with E-state index in [1.54, 1.807) is 11.3 Å². The van der Waals surface area contributed by atoms with Crippen molar-refractivity contribution >= 4 is 28.9 Å². The minimum atomic E-state index is 0.0706. The molecule has 126 valence electrons. The third-order valence-electron chi connectivity index (χ3n) is 4.08. The van der Waals surface area contributed by atoms with Gasteiger partial charge in [-0.05, 0) is 43.9 Å². The summed E-state index contributed by atoms with van der Waals surface area (Å²) in [6.07, 6.45) is 2.15. The third kappa shape index (κ3) is 3.94. The summed E-state index contributed by atoms with van der Waals surface area (Å²) >= 11 is 1.60. The van der Waals surface area contributed by atoms with Crippen molar-refractivity contribution in [2.45, 2.75) is 33.0 Å². The Labute approximate surface area is 147 Å². The van der Waals surface area contributed by atoms with E-state index in [1.807, 2.05) is 54.5 Å². The van der Waals surface area contributed by atoms with E-state index in [0.717, 1.165) is 16.0 Å². The molecule has 1 aliphatic heterocycles. The molecule has 1 amide bonds. The lowest BCUT2D eigenvalue weighted by Crippen LogP contribution is -2.48. The maximum Gasteiger partial charge on any atom is 0.255 e. The lowest BCUT2D eigenvalue weighted by molar-refractivity contribution is -0.136. The second kappa shape index (κ2) is 7.32. The predicted molar refractivity (Wildman–Crippen MR) is 100.0 cm³/mol. The molecule has 0 bridgehead atoms. The van der Waals surface area contributed by atoms with Gasteiger partial charge in [-0.15, -0.1) is 11.3 Å². The topological polar surface area (TPSA) is 29.5 Å². The summed E-state index contributed by atoms with van der Waals surface area (Å²) in [4.78, 5) is 16.1. The molecular formula is C20H23NO2S. The number of aryl methyl sites for hydroxylation is 1. The van der Waals surface area contributed by atoms with Crippen LogP contribution in [-0.4, -0.2) is 36.1 Å². The number of thiophene rings is 1. The predicted octanol–water partition coefficient (Wildman–Crippen LogP) is 4.23. The molecule has 1 aliphatic rings. The number of carbonyl (C=O) groups is 1. The Kier molecular flexibility index (Phi) is 5.17. The molecule has 1 aromatic heterocycles. The molecule has 0 N–H and O–H groups in total. The van der Waals surface area contributed by atoms with Crippen LogP contribution >= 0.6 is 11.3 Å². The molecule has 3 rings (SSSR count). The number of carbonyl (C=O) groups excluding carboxylic acids is 1. The van der Waals surface area contributed by atoms with Gasteiger partial charge in [0.05, 0.1) is 17.8 Å². The van der Waals surface area contributed by atoms with E-state index in [-0.39, 0.29) is 18.1 Å². The van der Waals surface area contributed by atoms with Gasteiger partial charge in [0.1, 0.15) is 0 Å². The zero-order chi connectivity index (χ0) is 17.1. The lowest BCUT2D eigenvalue weighted by atomic mass is 10.1. The number of ether oxygens (including phenoxy) is 1. The van der Waals surface area contributed by atoms with E-state index < -0.39 is 0 Å². The fourth-order valence-corrected chi connectivity index (χ4v) is 3.84. The molecule has 4 heteroatoms. The van der Waals surface area contributed by atoms with E-state index >= 15 is 0 Å². The first-order chi connectivity index (χ1) is 11.5. The van der Waals surface area contributed by atoms with Gasteiger partial charge in [-0.3, -0.25) is 4.79 Å². The highest BCUT2D eigenvalue weighted by atomic mass is 32.1. The van der Waals surface area contributed by atoms with Gasteiger partial charge in [0.2, 0.25) is 0 Å². The van der Waals surface area contributed by atoms with E-state index in [2.05, 4.69) is 19.1 Å². The standard InChI is InChI=1S/C20H23NO2S/c1-14-6-4-7-17(10-14)11-18(19-8-5-9-24-19)20(22)21-12-15(2)23-16(3)13-21/h4-11,15-16H,12-13H2,1-3H3/b18-11-/t15-,16+. The van der Waals surface area contributed by atoms with Crippen LogP contribution in [0.2, 0.25) is 0 Å². The first-order valence-corrected chi connectivity index (χ1v) is 9.18. The van der Waals surface area contributed by atoms with Crippen molar-refractivity contribution in [1.82, 2.24) is 4.90 Å². The average Bonchev–Trinajstić information content (AvgIpc) is 3.05. The normalized spacial score (nSPS) is 21.8. The van der Waals surface area contributed by atoms with Crippen molar-refractivity contribution < 1.29 is 9.53 Å². The highest BCUT2D eigenvalue weighted by molar-refractivity contribution is 7.11. The van der Waals surface area contributed by atoms with Crippen molar-refractivity contribution in [2.75, 3.05) is 13.1 Å². The smallest absolute Gasteiger partial charge is 0.255 e. The van der Waals surface area contributed by atoms with Crippen molar-refractivity contribution in [3.63, 3.8) is 0 Å². The van der Waals surface area contributed by atoms with Gasteiger partial charge >= 0.3 is 0 Å². The maximum absolute atomic E-state index is 13.2. The second-order valence-electron chi connectivity index (χ2n) is 6.42. The molecule has 1 aromatic carbocycles. The Balaban J connectivity index is 1.95. The van der Waals surface area contributed by atoms with E-state index in [0.29, 0.717) is 13.1 Å². The van der Waals surface area contributed by atoms with Crippen molar-refractivity contribution in [3.8, 4) is 0 Å². The molecule has 3 nitrogen and oxygen atoms in total. The SMILES string of the molecule is Cc1cccc(/C=C(\C(=O)N2C[C@@H](C)O[C@@H](C)C2)c2cccs2)c1. The van der Waals surface area contributed by atoms with Crippen LogP contribution in [0.4, 0.5) is 0 Å². The van der Waals surface area contributed by atoms with Crippen LogP contribution in [0.3, 0.4) is 0 Å². The number of hydrogen-bond acceptors (Lipinski definition) is 3. The zero-order valence-corrected chi connectivity index (χ0v) is 15.2. The fourth-order valence-electron chi connectivity index (χ4n) is 3.11. The summed E-state index contributed by atoms with van der Waals surface area (Å²) < 4.78 is 5.76. The molecule has 0 spiro atoms. The average molecular weight is 341 g/mol. The molecular weight excluding hydrogens is 318 g/mol. The zero-order valence-electron chi connectivity index (χ0n) is 14.4. The lowest BCUT2D eigenvalue weighted by Gasteiger charge is -2.35. The number of nitrogens with zero attached hydrogens (tertiary/aromatic N) is 1. The number of rotatable bonds is 3. The van der Waals surface area contributed by atoms with Gasteiger partial charge in [0, 0.05) is 18.0 Å². The minimum absolute atomic E-state index is 0.0706. The highest BCUT2D eigenvalue weighted by Gasteiger charge is 2.28. The Morgan fingerprint density at radius 1 is 1.21 bits per heavy atom. The summed E-state index contributed by atoms with van der Waals surface area (Å²) in [6, 6.07) is 12.2. The number of morpholine rings is 1. The first kappa shape index (κ1) is 16.9. The quantitative estimate of drug-likeness (QED) is 0.782. The molecule has 0 unspecified atom stereocenters. The number of amides is 1. The second-order valence-corrected chi connectivity index (χ2v) is 7.36. The Morgan fingerprint density at radius 2 is 1.96 bits per heavy atom. The van der Waals surface area contributed by atoms with E-state index in [4.69, 9.17) is 4.74 Å². The van der Waals surface area contributed by atoms with Crippen molar-refractivity contribution in [3.05, 3.63) is 57.8 Å². The third-order valence-corrected chi connectivity index (χ3v) is 4.98. The molecule has 1 fully saturated rings. The van der Waals surface area contributed by atoms with Crippen LogP contribution in [0, 0.1) is 6.92 Å². The first-order valence-electron chi connectivity index (χ1n) is 8.30. The molecule has 1 saturated heterocycles. The van der Waals surface area contributed by atoms with Gasteiger partial charge in [-0.1, -0.05) is 35.9 Å². The molecule has 2 heterocycles. The van der Waals surface area contributed by atoms with E-state index in [9.17, 15) is 4.79 Å². The van der Waals surface area contributed by atoms with Gasteiger partial charge in [-0.2, -0.15) is 0 Å². The summed E-state index contributed by atoms with van der Waals surface area (Å²) in [5.74, 6) is 0.0842. The summed E-state index contributed by atoms with van der Waals surface area (Å²) in [6.45, 7) is 7.38. The molecule has 0 aliphatic carbocycles. The number of hydrogen-bond donors (Lipinski definition) is 0. The van der Waals surface area contributed by atoms with Crippen LogP contribution < -0.4 is 0 Å². The monoisotopic (exact) mass is 341 g/mol. The largest absolute Gasteiger partial charge is 0.372 e. The molecule has 24 heavy (non-hydrogen) atoms. The fraction of sp³-hybridized carbons (Fsp3) is 0.350. The van der Waals surface area contributed by atoms with Gasteiger partial charge in [0.15, 0.2) is 0 Å². The Morgan fingerprint density at radius 3 is 2.58 bits per heavy atom. The molecule has 2 aromatic rings. The Bertz CT molecular complexity index is 726. The van der Waals surface area contributed by atoms with Crippen molar-refractivity contribution in [2.24, 2.45) is 0 Å². The van der Waals surface area contributed by atoms with Crippen LogP contribution in [0.5, 0.6) is 0 Å². The summed E-state index contributed by atoms with van der Waals surface area (Å²) in [5.41, 5.74) is 3.01. The van der Waals surface area contributed by atoms with Crippen LogP contribution in [0.25, 0.3) is 11.6 Å². The summed E-state index contributed by atoms with van der Waals surface area (Å²) in [7, 11) is 0. The maximum atomic E-state index is 13.2. The number of benzene rings is 1. The minimum Gasteiger partial charge on any atom is -0.372 e. The molecule has 0 radical (unpaired) electrons. The van der Waals surface area contributed by atoms with Crippen LogP contribution in [0.15, 0.2) is 41.8 Å². The molecule has 0 saturated carbocycles.